The summed E-state index contributed by atoms with van der Waals surface area (Å²) >= 11 is 0. The fourth-order valence-electron chi connectivity index (χ4n) is 2.71. The Balaban J connectivity index is 1.78. The molecule has 1 aliphatic heterocycles. The summed E-state index contributed by atoms with van der Waals surface area (Å²) in [5.74, 6) is -0.292. The van der Waals surface area contributed by atoms with Gasteiger partial charge in [0.25, 0.3) is 0 Å². The highest BCUT2D eigenvalue weighted by molar-refractivity contribution is 5.96. The Bertz CT molecular complexity index is 482. The van der Waals surface area contributed by atoms with Crippen LogP contribution in [-0.2, 0) is 4.74 Å². The van der Waals surface area contributed by atoms with Crippen LogP contribution in [-0.4, -0.2) is 43.0 Å². The van der Waals surface area contributed by atoms with Crippen molar-refractivity contribution in [2.75, 3.05) is 26.2 Å². The van der Waals surface area contributed by atoms with Gasteiger partial charge in [0, 0.05) is 38.2 Å². The zero-order valence-electron chi connectivity index (χ0n) is 12.9. The zero-order chi connectivity index (χ0) is 15.2. The first kappa shape index (κ1) is 16.1. The van der Waals surface area contributed by atoms with Crippen LogP contribution in [0.3, 0.4) is 0 Å². The van der Waals surface area contributed by atoms with E-state index >= 15 is 0 Å². The Hall–Kier alpha value is -1.26. The summed E-state index contributed by atoms with van der Waals surface area (Å²) in [5.41, 5.74) is 1.05. The van der Waals surface area contributed by atoms with Crippen molar-refractivity contribution in [3.05, 3.63) is 35.1 Å². The first-order valence-electron chi connectivity index (χ1n) is 7.73. The van der Waals surface area contributed by atoms with Gasteiger partial charge < -0.3 is 9.64 Å². The van der Waals surface area contributed by atoms with Gasteiger partial charge in [0.05, 0.1) is 6.10 Å². The number of Topliss-reactive ketones (excluding diaryl/α,β-unsaturated/α-hetero) is 1. The van der Waals surface area contributed by atoms with Crippen molar-refractivity contribution in [2.24, 2.45) is 0 Å². The van der Waals surface area contributed by atoms with Crippen LogP contribution in [0.25, 0.3) is 0 Å². The van der Waals surface area contributed by atoms with E-state index in [0.29, 0.717) is 23.7 Å². The molecule has 1 fully saturated rings. The molecule has 0 bridgehead atoms. The lowest BCUT2D eigenvalue weighted by Gasteiger charge is -2.31. The third kappa shape index (κ3) is 4.61. The van der Waals surface area contributed by atoms with Crippen LogP contribution in [0.1, 0.15) is 42.1 Å². The Morgan fingerprint density at radius 3 is 2.71 bits per heavy atom. The molecule has 1 aromatic rings. The van der Waals surface area contributed by atoms with Gasteiger partial charge in [-0.1, -0.05) is 12.1 Å². The summed E-state index contributed by atoms with van der Waals surface area (Å²) in [6.07, 6.45) is 2.87. The number of ether oxygens (including phenoxy) is 1. The van der Waals surface area contributed by atoms with E-state index < -0.39 is 0 Å². The molecule has 116 valence electrons. The number of carbonyl (C=O) groups is 1. The fourth-order valence-corrected chi connectivity index (χ4v) is 2.71. The Kier molecular flexibility index (Phi) is 5.88. The number of hydrogen-bond acceptors (Lipinski definition) is 3. The molecule has 0 N–H and O–H groups in total. The third-order valence-corrected chi connectivity index (χ3v) is 4.09. The minimum atomic E-state index is -0.307. The van der Waals surface area contributed by atoms with Gasteiger partial charge in [0.1, 0.15) is 5.82 Å². The van der Waals surface area contributed by atoms with Crippen molar-refractivity contribution < 1.29 is 13.9 Å². The number of hydrogen-bond donors (Lipinski definition) is 0. The highest BCUT2D eigenvalue weighted by Gasteiger charge is 2.19. The number of carbonyl (C=O) groups excluding carboxylic acids is 1. The average Bonchev–Trinajstić information content (AvgIpc) is 2.49. The number of aryl methyl sites for hydroxylation is 1. The molecule has 0 unspecified atom stereocenters. The van der Waals surface area contributed by atoms with Crippen LogP contribution >= 0.6 is 0 Å². The van der Waals surface area contributed by atoms with Crippen molar-refractivity contribution in [2.45, 2.75) is 39.2 Å². The first-order valence-corrected chi connectivity index (χ1v) is 7.73. The monoisotopic (exact) mass is 293 g/mol. The fraction of sp³-hybridized carbons (Fsp3) is 0.588. The molecule has 0 atom stereocenters. The molecule has 0 radical (unpaired) electrons. The predicted octanol–water partition coefficient (Wildman–Crippen LogP) is 3.21. The molecule has 0 spiro atoms. The van der Waals surface area contributed by atoms with Crippen LogP contribution in [0, 0.1) is 12.7 Å². The van der Waals surface area contributed by atoms with Crippen molar-refractivity contribution in [1.82, 2.24) is 4.90 Å². The molecule has 1 saturated heterocycles. The normalized spacial score (nSPS) is 17.1. The number of ketones is 1. The van der Waals surface area contributed by atoms with Gasteiger partial charge in [-0.3, -0.25) is 4.79 Å². The molecular weight excluding hydrogens is 269 g/mol. The molecule has 0 aliphatic carbocycles. The number of rotatable bonds is 6. The van der Waals surface area contributed by atoms with Gasteiger partial charge in [-0.2, -0.15) is 0 Å². The van der Waals surface area contributed by atoms with Crippen molar-refractivity contribution in [3.8, 4) is 0 Å². The molecule has 1 aromatic carbocycles. The SMILES string of the molecule is CCOC1CCN(CCC(=O)c2ccc(C)c(F)c2)CC1. The van der Waals surface area contributed by atoms with E-state index in [9.17, 15) is 9.18 Å². The van der Waals surface area contributed by atoms with Gasteiger partial charge in [-0.25, -0.2) is 4.39 Å². The minimum absolute atomic E-state index is 0.0147. The molecule has 2 rings (SSSR count). The second-order valence-corrected chi connectivity index (χ2v) is 5.63. The minimum Gasteiger partial charge on any atom is -0.378 e. The number of halogens is 1. The third-order valence-electron chi connectivity index (χ3n) is 4.09. The van der Waals surface area contributed by atoms with Gasteiger partial charge in [-0.05, 0) is 38.3 Å². The number of nitrogens with zero attached hydrogens (tertiary/aromatic N) is 1. The molecule has 1 heterocycles. The Labute approximate surface area is 126 Å². The zero-order valence-corrected chi connectivity index (χ0v) is 12.9. The second kappa shape index (κ2) is 7.66. The average molecular weight is 293 g/mol. The van der Waals surface area contributed by atoms with Crippen LogP contribution in [0.2, 0.25) is 0 Å². The van der Waals surface area contributed by atoms with Crippen LogP contribution in [0.15, 0.2) is 18.2 Å². The molecular formula is C17H24FNO2. The van der Waals surface area contributed by atoms with E-state index in [2.05, 4.69) is 4.90 Å². The first-order chi connectivity index (χ1) is 10.1. The van der Waals surface area contributed by atoms with Crippen LogP contribution in [0.5, 0.6) is 0 Å². The Morgan fingerprint density at radius 1 is 1.38 bits per heavy atom. The van der Waals surface area contributed by atoms with Gasteiger partial charge in [0.15, 0.2) is 5.78 Å². The lowest BCUT2D eigenvalue weighted by molar-refractivity contribution is 0.0143. The molecule has 3 nitrogen and oxygen atoms in total. The standard InChI is InChI=1S/C17H24FNO2/c1-3-21-15-6-9-19(10-7-15)11-8-17(20)14-5-4-13(2)16(18)12-14/h4-5,12,15H,3,6-11H2,1-2H3. The van der Waals surface area contributed by atoms with Crippen molar-refractivity contribution in [3.63, 3.8) is 0 Å². The van der Waals surface area contributed by atoms with E-state index in [1.165, 1.54) is 6.07 Å². The largest absolute Gasteiger partial charge is 0.378 e. The number of likely N-dealkylation sites (tertiary alicyclic amines) is 1. The van der Waals surface area contributed by atoms with E-state index in [1.54, 1.807) is 19.1 Å². The van der Waals surface area contributed by atoms with Crippen LogP contribution in [0.4, 0.5) is 4.39 Å². The van der Waals surface area contributed by atoms with Crippen molar-refractivity contribution >= 4 is 5.78 Å². The second-order valence-electron chi connectivity index (χ2n) is 5.63. The topological polar surface area (TPSA) is 29.5 Å². The van der Waals surface area contributed by atoms with Gasteiger partial charge in [-0.15, -0.1) is 0 Å². The molecule has 0 aromatic heterocycles. The lowest BCUT2D eigenvalue weighted by atomic mass is 10.0. The highest BCUT2D eigenvalue weighted by Crippen LogP contribution is 2.15. The van der Waals surface area contributed by atoms with E-state index in [4.69, 9.17) is 4.74 Å². The van der Waals surface area contributed by atoms with E-state index in [1.807, 2.05) is 6.92 Å². The summed E-state index contributed by atoms with van der Waals surface area (Å²) < 4.78 is 19.1. The molecule has 0 amide bonds. The maximum absolute atomic E-state index is 13.5. The summed E-state index contributed by atoms with van der Waals surface area (Å²) in [6.45, 7) is 7.17. The van der Waals surface area contributed by atoms with E-state index in [-0.39, 0.29) is 11.6 Å². The maximum Gasteiger partial charge on any atom is 0.164 e. The molecule has 0 saturated carbocycles. The number of piperidine rings is 1. The Morgan fingerprint density at radius 2 is 2.10 bits per heavy atom. The molecule has 21 heavy (non-hydrogen) atoms. The van der Waals surface area contributed by atoms with Gasteiger partial charge in [0.2, 0.25) is 0 Å². The summed E-state index contributed by atoms with van der Waals surface area (Å²) in [7, 11) is 0. The van der Waals surface area contributed by atoms with Gasteiger partial charge >= 0.3 is 0 Å². The van der Waals surface area contributed by atoms with E-state index in [0.717, 1.165) is 39.1 Å². The smallest absolute Gasteiger partial charge is 0.164 e. The maximum atomic E-state index is 13.5. The molecule has 4 heteroatoms. The number of benzene rings is 1. The predicted molar refractivity (Wildman–Crippen MR) is 81.2 cm³/mol. The van der Waals surface area contributed by atoms with Crippen LogP contribution < -0.4 is 0 Å². The summed E-state index contributed by atoms with van der Waals surface area (Å²) in [4.78, 5) is 14.4. The molecule has 1 aliphatic rings. The summed E-state index contributed by atoms with van der Waals surface area (Å²) in [5, 5.41) is 0. The van der Waals surface area contributed by atoms with Crippen molar-refractivity contribution in [1.29, 1.82) is 0 Å². The quantitative estimate of drug-likeness (QED) is 0.754. The highest BCUT2D eigenvalue weighted by atomic mass is 19.1. The summed E-state index contributed by atoms with van der Waals surface area (Å²) in [6, 6.07) is 4.72. The lowest BCUT2D eigenvalue weighted by Crippen LogP contribution is -2.38.